The lowest BCUT2D eigenvalue weighted by Gasteiger charge is -2.56. The molecule has 30 heavy (non-hydrogen) atoms. The SMILES string of the molecule is CC(=O)Nc1cccc(NC(=O)CN2C3CC2CN(c2cnn(C)c(=O)c2Cl)C3)c1. The summed E-state index contributed by atoms with van der Waals surface area (Å²) in [5, 5.41) is 9.84. The average Bonchev–Trinajstić information content (AvgIpc) is 2.70. The van der Waals surface area contributed by atoms with Crippen LogP contribution in [0.5, 0.6) is 0 Å². The minimum Gasteiger partial charge on any atom is -0.366 e. The molecule has 1 aromatic heterocycles. The fourth-order valence-corrected chi connectivity index (χ4v) is 4.40. The molecule has 10 heteroatoms. The molecule has 2 aromatic rings. The van der Waals surface area contributed by atoms with Crippen molar-refractivity contribution < 1.29 is 9.59 Å². The molecule has 0 aliphatic carbocycles. The number of piperazine rings is 1. The second-order valence-corrected chi connectivity index (χ2v) is 8.08. The van der Waals surface area contributed by atoms with Crippen LogP contribution < -0.4 is 21.1 Å². The van der Waals surface area contributed by atoms with Gasteiger partial charge in [-0.3, -0.25) is 19.3 Å². The number of carbonyl (C=O) groups is 2. The highest BCUT2D eigenvalue weighted by molar-refractivity contribution is 6.33. The molecule has 9 nitrogen and oxygen atoms in total. The van der Waals surface area contributed by atoms with Crippen molar-refractivity contribution in [3.05, 3.63) is 45.8 Å². The Kier molecular flexibility index (Phi) is 5.48. The molecule has 0 radical (unpaired) electrons. The van der Waals surface area contributed by atoms with E-state index in [0.29, 0.717) is 30.2 Å². The van der Waals surface area contributed by atoms with Gasteiger partial charge in [0.25, 0.3) is 5.56 Å². The maximum absolute atomic E-state index is 12.5. The van der Waals surface area contributed by atoms with Gasteiger partial charge in [-0.15, -0.1) is 0 Å². The van der Waals surface area contributed by atoms with Crippen molar-refractivity contribution in [1.82, 2.24) is 14.7 Å². The Bertz CT molecular complexity index is 1040. The first kappa shape index (κ1) is 20.4. The van der Waals surface area contributed by atoms with Crippen molar-refractivity contribution in [2.24, 2.45) is 7.05 Å². The van der Waals surface area contributed by atoms with Crippen LogP contribution in [0.3, 0.4) is 0 Å². The lowest BCUT2D eigenvalue weighted by Crippen LogP contribution is -2.69. The Morgan fingerprint density at radius 1 is 1.20 bits per heavy atom. The summed E-state index contributed by atoms with van der Waals surface area (Å²) in [5.41, 5.74) is 1.60. The molecule has 2 N–H and O–H groups in total. The van der Waals surface area contributed by atoms with Gasteiger partial charge in [0, 0.05) is 50.5 Å². The zero-order valence-corrected chi connectivity index (χ0v) is 17.5. The molecule has 2 atom stereocenters. The summed E-state index contributed by atoms with van der Waals surface area (Å²) in [4.78, 5) is 40.0. The van der Waals surface area contributed by atoms with Crippen LogP contribution in [0, 0.1) is 0 Å². The van der Waals surface area contributed by atoms with E-state index >= 15 is 0 Å². The average molecular weight is 431 g/mol. The van der Waals surface area contributed by atoms with Crippen LogP contribution in [-0.4, -0.2) is 58.2 Å². The third-order valence-corrected chi connectivity index (χ3v) is 5.89. The Balaban J connectivity index is 1.36. The fraction of sp³-hybridized carbons (Fsp3) is 0.400. The number of fused-ring (bicyclic) bond motifs is 2. The van der Waals surface area contributed by atoms with Crippen molar-refractivity contribution in [3.63, 3.8) is 0 Å². The summed E-state index contributed by atoms with van der Waals surface area (Å²) in [6.07, 6.45) is 2.63. The van der Waals surface area contributed by atoms with Crippen LogP contribution in [0.15, 0.2) is 35.3 Å². The van der Waals surface area contributed by atoms with Crippen molar-refractivity contribution >= 4 is 40.5 Å². The molecule has 1 aromatic carbocycles. The van der Waals surface area contributed by atoms with Crippen molar-refractivity contribution in [1.29, 1.82) is 0 Å². The van der Waals surface area contributed by atoms with Gasteiger partial charge < -0.3 is 15.5 Å². The third-order valence-electron chi connectivity index (χ3n) is 5.54. The van der Waals surface area contributed by atoms with Crippen LogP contribution in [0.1, 0.15) is 13.3 Å². The molecule has 0 saturated carbocycles. The Hall–Kier alpha value is -2.91. The molecule has 5 rings (SSSR count). The highest BCUT2D eigenvalue weighted by Gasteiger charge is 2.45. The molecule has 2 bridgehead atoms. The summed E-state index contributed by atoms with van der Waals surface area (Å²) in [6.45, 7) is 3.11. The largest absolute Gasteiger partial charge is 0.366 e. The molecule has 158 valence electrons. The quantitative estimate of drug-likeness (QED) is 0.741. The number of hydrogen-bond acceptors (Lipinski definition) is 6. The number of aryl methyl sites for hydroxylation is 1. The molecule has 3 aliphatic heterocycles. The normalized spacial score (nSPS) is 20.4. The first-order valence-corrected chi connectivity index (χ1v) is 10.1. The number of anilines is 3. The molecule has 3 aliphatic rings. The number of rotatable bonds is 5. The number of halogens is 1. The summed E-state index contributed by atoms with van der Waals surface area (Å²) < 4.78 is 1.22. The molecular weight excluding hydrogens is 408 g/mol. The van der Waals surface area contributed by atoms with E-state index < -0.39 is 0 Å². The second-order valence-electron chi connectivity index (χ2n) is 7.70. The van der Waals surface area contributed by atoms with E-state index in [9.17, 15) is 14.4 Å². The van der Waals surface area contributed by atoms with Gasteiger partial charge in [-0.05, 0) is 24.6 Å². The van der Waals surface area contributed by atoms with Crippen LogP contribution in [0.4, 0.5) is 17.1 Å². The number of piperidine rings is 1. The lowest BCUT2D eigenvalue weighted by atomic mass is 9.87. The van der Waals surface area contributed by atoms with E-state index in [1.54, 1.807) is 37.5 Å². The molecule has 2 unspecified atom stereocenters. The molecule has 0 spiro atoms. The van der Waals surface area contributed by atoms with E-state index in [-0.39, 0.29) is 41.0 Å². The fourth-order valence-electron chi connectivity index (χ4n) is 4.11. The topological polar surface area (TPSA) is 99.6 Å². The van der Waals surface area contributed by atoms with Gasteiger partial charge in [-0.1, -0.05) is 17.7 Å². The van der Waals surface area contributed by atoms with E-state index in [4.69, 9.17) is 11.6 Å². The van der Waals surface area contributed by atoms with Gasteiger partial charge in [0.15, 0.2) is 0 Å². The van der Waals surface area contributed by atoms with Gasteiger partial charge in [0.1, 0.15) is 5.02 Å². The molecular formula is C20H23ClN6O3. The van der Waals surface area contributed by atoms with Crippen molar-refractivity contribution in [3.8, 4) is 0 Å². The second kappa shape index (κ2) is 8.08. The molecule has 3 saturated heterocycles. The van der Waals surface area contributed by atoms with Crippen LogP contribution in [0.25, 0.3) is 0 Å². The maximum atomic E-state index is 12.5. The zero-order valence-electron chi connectivity index (χ0n) is 16.8. The van der Waals surface area contributed by atoms with Crippen LogP contribution in [-0.2, 0) is 16.6 Å². The van der Waals surface area contributed by atoms with Crippen LogP contribution >= 0.6 is 11.6 Å². The van der Waals surface area contributed by atoms with E-state index in [1.165, 1.54) is 11.6 Å². The predicted octanol–water partition coefficient (Wildman–Crippen LogP) is 1.29. The number of benzene rings is 1. The minimum atomic E-state index is -0.314. The Labute approximate surface area is 178 Å². The molecule has 4 heterocycles. The summed E-state index contributed by atoms with van der Waals surface area (Å²) in [6, 6.07) is 7.50. The van der Waals surface area contributed by atoms with Gasteiger partial charge in [0.05, 0.1) is 18.4 Å². The monoisotopic (exact) mass is 430 g/mol. The Morgan fingerprint density at radius 3 is 2.53 bits per heavy atom. The first-order valence-electron chi connectivity index (χ1n) is 9.72. The van der Waals surface area contributed by atoms with Crippen molar-refractivity contribution in [2.75, 3.05) is 35.2 Å². The van der Waals surface area contributed by atoms with E-state index in [1.807, 2.05) is 0 Å². The predicted molar refractivity (Wildman–Crippen MR) is 115 cm³/mol. The Morgan fingerprint density at radius 2 is 1.87 bits per heavy atom. The number of amides is 2. The zero-order chi connectivity index (χ0) is 21.4. The minimum absolute atomic E-state index is 0.105. The summed E-state index contributed by atoms with van der Waals surface area (Å²) in [7, 11) is 1.57. The molecule has 2 amide bonds. The molecule has 3 fully saturated rings. The number of hydrogen-bond donors (Lipinski definition) is 2. The number of nitrogens with one attached hydrogen (secondary N) is 2. The highest BCUT2D eigenvalue weighted by atomic mass is 35.5. The number of nitrogens with zero attached hydrogens (tertiary/aromatic N) is 4. The summed E-state index contributed by atoms with van der Waals surface area (Å²) >= 11 is 6.23. The first-order chi connectivity index (χ1) is 14.3. The van der Waals surface area contributed by atoms with E-state index in [0.717, 1.165) is 6.42 Å². The van der Waals surface area contributed by atoms with E-state index in [2.05, 4.69) is 25.5 Å². The lowest BCUT2D eigenvalue weighted by molar-refractivity contribution is -0.121. The number of aromatic nitrogens is 2. The van der Waals surface area contributed by atoms with Gasteiger partial charge in [0.2, 0.25) is 11.8 Å². The smallest absolute Gasteiger partial charge is 0.287 e. The standard InChI is InChI=1S/C20H23ClN6O3/c1-12(28)23-13-4-3-5-14(6-13)24-18(29)11-27-15-7-16(27)10-26(9-15)17-8-22-25(2)20(30)19(17)21/h3-6,8,15-16H,7,9-11H2,1-2H3,(H,23,28)(H,24,29). The maximum Gasteiger partial charge on any atom is 0.287 e. The highest BCUT2D eigenvalue weighted by Crippen LogP contribution is 2.35. The number of carbonyl (C=O) groups excluding carboxylic acids is 2. The van der Waals surface area contributed by atoms with Gasteiger partial charge >= 0.3 is 0 Å². The summed E-state index contributed by atoms with van der Waals surface area (Å²) in [5.74, 6) is -0.269. The van der Waals surface area contributed by atoms with Crippen molar-refractivity contribution in [2.45, 2.75) is 25.4 Å². The van der Waals surface area contributed by atoms with Gasteiger partial charge in [-0.25, -0.2) is 4.68 Å². The third kappa shape index (κ3) is 4.03. The van der Waals surface area contributed by atoms with Crippen LogP contribution in [0.2, 0.25) is 5.02 Å². The van der Waals surface area contributed by atoms with Gasteiger partial charge in [-0.2, -0.15) is 5.10 Å².